The zero-order chi connectivity index (χ0) is 8.81. The van der Waals surface area contributed by atoms with E-state index < -0.39 is 0 Å². The molecular formula is C9H19NO2. The van der Waals surface area contributed by atoms with Crippen LogP contribution >= 0.6 is 0 Å². The quantitative estimate of drug-likeness (QED) is 0.595. The summed E-state index contributed by atoms with van der Waals surface area (Å²) in [7, 11) is 0. The Kier molecular flexibility index (Phi) is 4.58. The van der Waals surface area contributed by atoms with Crippen LogP contribution in [-0.2, 0) is 9.47 Å². The molecule has 2 unspecified atom stereocenters. The van der Waals surface area contributed by atoms with Crippen LogP contribution in [0.15, 0.2) is 0 Å². The van der Waals surface area contributed by atoms with E-state index in [4.69, 9.17) is 9.47 Å². The van der Waals surface area contributed by atoms with Gasteiger partial charge in [-0.15, -0.1) is 0 Å². The van der Waals surface area contributed by atoms with Gasteiger partial charge < -0.3 is 14.8 Å². The molecule has 3 nitrogen and oxygen atoms in total. The fourth-order valence-corrected chi connectivity index (χ4v) is 0.978. The summed E-state index contributed by atoms with van der Waals surface area (Å²) in [5.41, 5.74) is 0. The monoisotopic (exact) mass is 173 g/mol. The number of nitrogens with one attached hydrogen (secondary N) is 1. The standard InChI is InChI=1S/C6H13NO.C3H6O/c1-2-6-5-7-3-4-8-6;1-3-2-4-3/h6-7H,2-5H2,1H3;3H,2H2,1H3. The van der Waals surface area contributed by atoms with Gasteiger partial charge in [0.2, 0.25) is 0 Å². The molecule has 72 valence electrons. The number of hydrogen-bond donors (Lipinski definition) is 1. The Morgan fingerprint density at radius 3 is 2.33 bits per heavy atom. The van der Waals surface area contributed by atoms with Crippen molar-refractivity contribution < 1.29 is 9.47 Å². The van der Waals surface area contributed by atoms with Crippen LogP contribution in [0.25, 0.3) is 0 Å². The Morgan fingerprint density at radius 1 is 1.42 bits per heavy atom. The van der Waals surface area contributed by atoms with Crippen molar-refractivity contribution in [1.82, 2.24) is 5.32 Å². The Balaban J connectivity index is 0.000000150. The molecule has 0 spiro atoms. The molecule has 12 heavy (non-hydrogen) atoms. The van der Waals surface area contributed by atoms with Crippen molar-refractivity contribution in [3.8, 4) is 0 Å². The average Bonchev–Trinajstić information content (AvgIpc) is 2.90. The first-order valence-corrected chi connectivity index (χ1v) is 4.77. The molecule has 2 aliphatic heterocycles. The van der Waals surface area contributed by atoms with Gasteiger partial charge in [0.15, 0.2) is 0 Å². The number of rotatable bonds is 1. The summed E-state index contributed by atoms with van der Waals surface area (Å²) in [6.07, 6.45) is 2.19. The van der Waals surface area contributed by atoms with Gasteiger partial charge in [0.25, 0.3) is 0 Å². The van der Waals surface area contributed by atoms with Gasteiger partial charge in [-0.3, -0.25) is 0 Å². The van der Waals surface area contributed by atoms with Gasteiger partial charge in [0.05, 0.1) is 25.4 Å². The summed E-state index contributed by atoms with van der Waals surface area (Å²) in [5.74, 6) is 0. The molecule has 0 bridgehead atoms. The van der Waals surface area contributed by atoms with Gasteiger partial charge in [-0.1, -0.05) is 6.92 Å². The van der Waals surface area contributed by atoms with Gasteiger partial charge in [-0.2, -0.15) is 0 Å². The molecule has 0 aromatic carbocycles. The van der Waals surface area contributed by atoms with E-state index in [-0.39, 0.29) is 0 Å². The molecule has 2 rings (SSSR count). The highest BCUT2D eigenvalue weighted by Gasteiger charge is 2.13. The molecule has 0 radical (unpaired) electrons. The van der Waals surface area contributed by atoms with E-state index in [1.807, 2.05) is 0 Å². The fourth-order valence-electron chi connectivity index (χ4n) is 0.978. The minimum atomic E-state index is 0.476. The van der Waals surface area contributed by atoms with Gasteiger partial charge in [-0.05, 0) is 13.3 Å². The summed E-state index contributed by atoms with van der Waals surface area (Å²) in [6.45, 7) is 8.14. The fraction of sp³-hybridized carbons (Fsp3) is 1.00. The number of hydrogen-bond acceptors (Lipinski definition) is 3. The van der Waals surface area contributed by atoms with Crippen molar-refractivity contribution in [2.24, 2.45) is 0 Å². The summed E-state index contributed by atoms with van der Waals surface area (Å²) in [5, 5.41) is 3.26. The maximum Gasteiger partial charge on any atom is 0.0781 e. The van der Waals surface area contributed by atoms with Crippen LogP contribution in [0.5, 0.6) is 0 Å². The summed E-state index contributed by atoms with van der Waals surface area (Å²) in [6, 6.07) is 0. The molecule has 3 heteroatoms. The summed E-state index contributed by atoms with van der Waals surface area (Å²) in [4.78, 5) is 0. The van der Waals surface area contributed by atoms with E-state index in [9.17, 15) is 0 Å². The average molecular weight is 173 g/mol. The van der Waals surface area contributed by atoms with Crippen molar-refractivity contribution in [3.63, 3.8) is 0 Å². The van der Waals surface area contributed by atoms with Crippen LogP contribution in [0, 0.1) is 0 Å². The van der Waals surface area contributed by atoms with Crippen LogP contribution in [0.4, 0.5) is 0 Å². The Hall–Kier alpha value is -0.120. The maximum absolute atomic E-state index is 5.36. The van der Waals surface area contributed by atoms with Gasteiger partial charge in [-0.25, -0.2) is 0 Å². The maximum atomic E-state index is 5.36. The highest BCUT2D eigenvalue weighted by Crippen LogP contribution is 2.04. The van der Waals surface area contributed by atoms with Crippen molar-refractivity contribution in [1.29, 1.82) is 0 Å². The largest absolute Gasteiger partial charge is 0.376 e. The number of epoxide rings is 1. The van der Waals surface area contributed by atoms with E-state index in [1.165, 1.54) is 0 Å². The van der Waals surface area contributed by atoms with Crippen molar-refractivity contribution >= 4 is 0 Å². The van der Waals surface area contributed by atoms with Crippen molar-refractivity contribution in [2.75, 3.05) is 26.3 Å². The third kappa shape index (κ3) is 4.70. The van der Waals surface area contributed by atoms with E-state index in [2.05, 4.69) is 19.2 Å². The lowest BCUT2D eigenvalue weighted by Gasteiger charge is -2.21. The third-order valence-corrected chi connectivity index (χ3v) is 1.96. The molecular weight excluding hydrogens is 154 g/mol. The molecule has 2 fully saturated rings. The predicted molar refractivity (Wildman–Crippen MR) is 48.3 cm³/mol. The Bertz CT molecular complexity index is 109. The first kappa shape index (κ1) is 9.96. The highest BCUT2D eigenvalue weighted by molar-refractivity contribution is 4.63. The van der Waals surface area contributed by atoms with Crippen LogP contribution in [0.2, 0.25) is 0 Å². The molecule has 0 saturated carbocycles. The van der Waals surface area contributed by atoms with Gasteiger partial charge >= 0.3 is 0 Å². The molecule has 0 aromatic heterocycles. The minimum absolute atomic E-state index is 0.476. The molecule has 1 N–H and O–H groups in total. The first-order chi connectivity index (χ1) is 5.83. The van der Waals surface area contributed by atoms with Crippen molar-refractivity contribution in [2.45, 2.75) is 32.5 Å². The highest BCUT2D eigenvalue weighted by atomic mass is 16.6. The van der Waals surface area contributed by atoms with E-state index in [1.54, 1.807) is 0 Å². The molecule has 0 aromatic rings. The number of morpholine rings is 1. The molecule has 2 saturated heterocycles. The smallest absolute Gasteiger partial charge is 0.0781 e. The Morgan fingerprint density at radius 2 is 2.08 bits per heavy atom. The first-order valence-electron chi connectivity index (χ1n) is 4.77. The molecule has 0 amide bonds. The third-order valence-electron chi connectivity index (χ3n) is 1.96. The van der Waals surface area contributed by atoms with Crippen LogP contribution < -0.4 is 5.32 Å². The lowest BCUT2D eigenvalue weighted by Crippen LogP contribution is -2.37. The topological polar surface area (TPSA) is 33.8 Å². The number of ether oxygens (including phenoxy) is 2. The zero-order valence-corrected chi connectivity index (χ0v) is 8.01. The summed E-state index contributed by atoms with van der Waals surface area (Å²) < 4.78 is 10.1. The van der Waals surface area contributed by atoms with Crippen LogP contribution in [0.3, 0.4) is 0 Å². The van der Waals surface area contributed by atoms with Crippen LogP contribution in [-0.4, -0.2) is 38.5 Å². The SMILES string of the molecule is CC1CO1.CCC1CNCCO1. The van der Waals surface area contributed by atoms with Crippen LogP contribution in [0.1, 0.15) is 20.3 Å². The normalized spacial score (nSPS) is 33.5. The lowest BCUT2D eigenvalue weighted by atomic mass is 10.2. The molecule has 2 atom stereocenters. The van der Waals surface area contributed by atoms with E-state index in [0.717, 1.165) is 32.7 Å². The van der Waals surface area contributed by atoms with E-state index in [0.29, 0.717) is 12.2 Å². The van der Waals surface area contributed by atoms with Gasteiger partial charge in [0, 0.05) is 13.1 Å². The molecule has 2 heterocycles. The minimum Gasteiger partial charge on any atom is -0.376 e. The van der Waals surface area contributed by atoms with Crippen molar-refractivity contribution in [3.05, 3.63) is 0 Å². The molecule has 0 aliphatic carbocycles. The van der Waals surface area contributed by atoms with E-state index >= 15 is 0 Å². The second-order valence-corrected chi connectivity index (χ2v) is 3.25. The van der Waals surface area contributed by atoms with Gasteiger partial charge in [0.1, 0.15) is 0 Å². The zero-order valence-electron chi connectivity index (χ0n) is 8.01. The lowest BCUT2D eigenvalue weighted by molar-refractivity contribution is 0.0267. The Labute approximate surface area is 74.4 Å². The predicted octanol–water partition coefficient (Wildman–Crippen LogP) is 0.790. The molecule has 2 aliphatic rings. The summed E-state index contributed by atoms with van der Waals surface area (Å²) >= 11 is 0. The second kappa shape index (κ2) is 5.51. The second-order valence-electron chi connectivity index (χ2n) is 3.25.